The maximum atomic E-state index is 13.4. The molecule has 0 saturated carbocycles. The van der Waals surface area contributed by atoms with Gasteiger partial charge in [0.2, 0.25) is 0 Å². The van der Waals surface area contributed by atoms with E-state index in [-0.39, 0.29) is 13.2 Å². The van der Waals surface area contributed by atoms with E-state index in [1.54, 1.807) is 56.3 Å². The normalized spacial score (nSPS) is 15.0. The van der Waals surface area contributed by atoms with E-state index in [4.69, 9.17) is 33.3 Å². The molecule has 3 N–H and O–H groups in total. The second-order valence-electron chi connectivity index (χ2n) is 7.37. The molecular formula is C24H24ClN3O6S. The number of rotatable bonds is 8. The summed E-state index contributed by atoms with van der Waals surface area (Å²) in [6.07, 6.45) is 0. The van der Waals surface area contributed by atoms with Crippen LogP contribution in [0.3, 0.4) is 0 Å². The van der Waals surface area contributed by atoms with Crippen molar-refractivity contribution in [1.82, 2.24) is 10.6 Å². The van der Waals surface area contributed by atoms with E-state index in [0.29, 0.717) is 44.0 Å². The molecular weight excluding hydrogens is 494 g/mol. The first-order chi connectivity index (χ1) is 16.7. The van der Waals surface area contributed by atoms with Crippen LogP contribution in [0.4, 0.5) is 5.69 Å². The minimum atomic E-state index is -0.728. The van der Waals surface area contributed by atoms with Crippen LogP contribution in [-0.2, 0) is 19.1 Å². The predicted molar refractivity (Wildman–Crippen MR) is 134 cm³/mol. The zero-order chi connectivity index (χ0) is 25.5. The number of benzene rings is 2. The van der Waals surface area contributed by atoms with E-state index in [9.17, 15) is 14.4 Å². The monoisotopic (exact) mass is 517 g/mol. The molecule has 0 fully saturated rings. The topological polar surface area (TPSA) is 115 Å². The molecule has 2 aromatic rings. The van der Waals surface area contributed by atoms with Crippen molar-refractivity contribution in [3.63, 3.8) is 0 Å². The number of esters is 2. The Labute approximate surface area is 212 Å². The molecule has 0 spiro atoms. The maximum absolute atomic E-state index is 13.4. The van der Waals surface area contributed by atoms with Crippen molar-refractivity contribution in [3.8, 4) is 5.75 Å². The van der Waals surface area contributed by atoms with E-state index < -0.39 is 23.9 Å². The molecule has 1 amide bonds. The number of ether oxygens (including phenoxy) is 3. The number of allylic oxidation sites excluding steroid dienone is 1. The highest BCUT2D eigenvalue weighted by Gasteiger charge is 2.32. The van der Waals surface area contributed by atoms with Crippen molar-refractivity contribution >= 4 is 52.5 Å². The van der Waals surface area contributed by atoms with Crippen molar-refractivity contribution in [3.05, 3.63) is 69.9 Å². The van der Waals surface area contributed by atoms with Crippen LogP contribution in [0.2, 0.25) is 5.02 Å². The molecule has 1 heterocycles. The lowest BCUT2D eigenvalue weighted by atomic mass is 9.94. The Morgan fingerprint density at radius 1 is 1.14 bits per heavy atom. The molecule has 1 aliphatic rings. The maximum Gasteiger partial charge on any atom is 0.343 e. The molecule has 11 heteroatoms. The summed E-state index contributed by atoms with van der Waals surface area (Å²) in [5.41, 5.74) is 2.21. The summed E-state index contributed by atoms with van der Waals surface area (Å²) in [6, 6.07) is 10.5. The minimum absolute atomic E-state index is 0.267. The Hall–Kier alpha value is -3.63. The third-order valence-electron chi connectivity index (χ3n) is 5.02. The second-order valence-corrected chi connectivity index (χ2v) is 8.21. The molecule has 3 rings (SSSR count). The van der Waals surface area contributed by atoms with Gasteiger partial charge in [0.25, 0.3) is 5.91 Å². The molecule has 184 valence electrons. The molecule has 0 radical (unpaired) electrons. The first-order valence-corrected chi connectivity index (χ1v) is 11.4. The third-order valence-corrected chi connectivity index (χ3v) is 5.48. The van der Waals surface area contributed by atoms with Crippen LogP contribution in [0.1, 0.15) is 35.8 Å². The predicted octanol–water partition coefficient (Wildman–Crippen LogP) is 3.50. The summed E-state index contributed by atoms with van der Waals surface area (Å²) in [5, 5.41) is 9.57. The van der Waals surface area contributed by atoms with E-state index >= 15 is 0 Å². The van der Waals surface area contributed by atoms with Crippen molar-refractivity contribution in [2.75, 3.05) is 25.6 Å². The van der Waals surface area contributed by atoms with E-state index in [2.05, 4.69) is 20.7 Å². The number of methoxy groups -OCH3 is 1. The van der Waals surface area contributed by atoms with Gasteiger partial charge in [-0.1, -0.05) is 11.6 Å². The van der Waals surface area contributed by atoms with Crippen LogP contribution in [0.15, 0.2) is 53.7 Å². The number of carbonyl (C=O) groups is 3. The molecule has 0 saturated heterocycles. The summed E-state index contributed by atoms with van der Waals surface area (Å²) >= 11 is 11.6. The molecule has 1 aliphatic heterocycles. The quantitative estimate of drug-likeness (QED) is 0.357. The van der Waals surface area contributed by atoms with E-state index in [1.807, 2.05) is 0 Å². The van der Waals surface area contributed by atoms with Crippen LogP contribution in [-0.4, -0.2) is 43.3 Å². The van der Waals surface area contributed by atoms with Gasteiger partial charge in [-0.15, -0.1) is 0 Å². The van der Waals surface area contributed by atoms with Crippen molar-refractivity contribution < 1.29 is 28.6 Å². The summed E-state index contributed by atoms with van der Waals surface area (Å²) in [5.74, 6) is -1.09. The molecule has 2 aromatic carbocycles. The van der Waals surface area contributed by atoms with Gasteiger partial charge < -0.3 is 30.2 Å². The Bertz CT molecular complexity index is 1180. The average molecular weight is 518 g/mol. The summed E-state index contributed by atoms with van der Waals surface area (Å²) in [7, 11) is 1.26. The highest BCUT2D eigenvalue weighted by molar-refractivity contribution is 7.80. The summed E-state index contributed by atoms with van der Waals surface area (Å²) in [4.78, 5) is 36.8. The van der Waals surface area contributed by atoms with Gasteiger partial charge in [-0.05, 0) is 68.5 Å². The summed E-state index contributed by atoms with van der Waals surface area (Å²) in [6.45, 7) is 3.39. The fourth-order valence-corrected chi connectivity index (χ4v) is 3.85. The largest absolute Gasteiger partial charge is 0.482 e. The van der Waals surface area contributed by atoms with E-state index in [1.165, 1.54) is 7.11 Å². The van der Waals surface area contributed by atoms with Crippen LogP contribution in [0.25, 0.3) is 0 Å². The number of carbonyl (C=O) groups excluding carboxylic acids is 3. The molecule has 0 bridgehead atoms. The highest BCUT2D eigenvalue weighted by atomic mass is 35.5. The smallest absolute Gasteiger partial charge is 0.343 e. The fourth-order valence-electron chi connectivity index (χ4n) is 3.40. The molecule has 35 heavy (non-hydrogen) atoms. The lowest BCUT2D eigenvalue weighted by Crippen LogP contribution is -2.45. The number of amides is 1. The van der Waals surface area contributed by atoms with Gasteiger partial charge in [0.1, 0.15) is 5.75 Å². The molecule has 0 aliphatic carbocycles. The van der Waals surface area contributed by atoms with Crippen LogP contribution < -0.4 is 20.7 Å². The van der Waals surface area contributed by atoms with Crippen molar-refractivity contribution in [2.24, 2.45) is 0 Å². The van der Waals surface area contributed by atoms with Gasteiger partial charge in [0.15, 0.2) is 11.7 Å². The van der Waals surface area contributed by atoms with Gasteiger partial charge in [0.05, 0.1) is 30.9 Å². The van der Waals surface area contributed by atoms with Crippen LogP contribution >= 0.6 is 23.8 Å². The first-order valence-electron chi connectivity index (χ1n) is 10.6. The Balaban J connectivity index is 1.91. The average Bonchev–Trinajstić information content (AvgIpc) is 2.83. The number of anilines is 1. The number of hydrogen-bond acceptors (Lipinski definition) is 7. The van der Waals surface area contributed by atoms with Crippen LogP contribution in [0.5, 0.6) is 5.75 Å². The van der Waals surface area contributed by atoms with Gasteiger partial charge in [0, 0.05) is 22.0 Å². The van der Waals surface area contributed by atoms with Crippen molar-refractivity contribution in [2.45, 2.75) is 19.9 Å². The summed E-state index contributed by atoms with van der Waals surface area (Å²) < 4.78 is 15.3. The van der Waals surface area contributed by atoms with Gasteiger partial charge >= 0.3 is 11.9 Å². The highest BCUT2D eigenvalue weighted by Crippen LogP contribution is 2.35. The SMILES string of the molecule is CCOC(=O)c1ccc(NC(=O)C2=C(C)NC(=S)N[C@H]2c2cc(Cl)ccc2OCC(=O)OC)cc1. The fraction of sp³-hybridized carbons (Fsp3) is 0.250. The minimum Gasteiger partial charge on any atom is -0.482 e. The lowest BCUT2D eigenvalue weighted by Gasteiger charge is -2.31. The molecule has 9 nitrogen and oxygen atoms in total. The number of hydrogen-bond donors (Lipinski definition) is 3. The molecule has 0 unspecified atom stereocenters. The first kappa shape index (κ1) is 26.0. The second kappa shape index (κ2) is 11.7. The molecule has 0 aromatic heterocycles. The third kappa shape index (κ3) is 6.49. The van der Waals surface area contributed by atoms with Crippen LogP contribution in [0, 0.1) is 0 Å². The molecule has 1 atom stereocenters. The standard InChI is InChI=1S/C24H24ClN3O6S/c1-4-33-23(31)14-5-8-16(9-6-14)27-22(30)20-13(2)26-24(35)28-21(20)17-11-15(25)7-10-18(17)34-12-19(29)32-3/h5-11,21H,4,12H2,1-3H3,(H,27,30)(H2,26,28,35)/t21-/m0/s1. The number of thiocarbonyl (C=S) groups is 1. The van der Waals surface area contributed by atoms with E-state index in [0.717, 1.165) is 0 Å². The Morgan fingerprint density at radius 3 is 2.51 bits per heavy atom. The van der Waals surface area contributed by atoms with Gasteiger partial charge in [-0.3, -0.25) is 4.79 Å². The number of nitrogens with one attached hydrogen (secondary N) is 3. The number of halogens is 1. The Morgan fingerprint density at radius 2 is 1.86 bits per heavy atom. The van der Waals surface area contributed by atoms with Crippen molar-refractivity contribution in [1.29, 1.82) is 0 Å². The van der Waals surface area contributed by atoms with Gasteiger partial charge in [-0.2, -0.15) is 0 Å². The Kier molecular flexibility index (Phi) is 8.67. The van der Waals surface area contributed by atoms with Gasteiger partial charge in [-0.25, -0.2) is 9.59 Å². The lowest BCUT2D eigenvalue weighted by molar-refractivity contribution is -0.142. The zero-order valence-corrected chi connectivity index (χ0v) is 20.8. The zero-order valence-electron chi connectivity index (χ0n) is 19.3.